The summed E-state index contributed by atoms with van der Waals surface area (Å²) in [6, 6.07) is 5.58. The van der Waals surface area contributed by atoms with Crippen LogP contribution in [0.25, 0.3) is 10.9 Å². The predicted octanol–water partition coefficient (Wildman–Crippen LogP) is 7.34. The summed E-state index contributed by atoms with van der Waals surface area (Å²) in [7, 11) is -9.29. The summed E-state index contributed by atoms with van der Waals surface area (Å²) in [5.41, 5.74) is -5.56. The summed E-state index contributed by atoms with van der Waals surface area (Å²) >= 11 is 6.51. The lowest BCUT2D eigenvalue weighted by molar-refractivity contribution is -0.160. The van der Waals surface area contributed by atoms with Gasteiger partial charge < -0.3 is 23.8 Å². The van der Waals surface area contributed by atoms with Gasteiger partial charge in [-0.2, -0.15) is 43.2 Å². The number of amides is 2. The number of aromatic nitrogens is 1. The number of carbonyl (C=O) groups is 4. The molecular formula is C46H61ClF6N4O14S2. The molecule has 0 unspecified atom stereocenters. The Balaban J connectivity index is 0.000000581. The molecule has 5 fully saturated rings. The number of esters is 1. The molecular weight excluding hydrogens is 1050 g/mol. The van der Waals surface area contributed by atoms with Crippen molar-refractivity contribution in [2.24, 2.45) is 28.3 Å². The topological polar surface area (TPSA) is 246 Å². The molecule has 3 aliphatic carbocycles. The molecule has 73 heavy (non-hydrogen) atoms. The molecule has 0 radical (unpaired) electrons. The van der Waals surface area contributed by atoms with E-state index in [1.54, 1.807) is 58.9 Å². The van der Waals surface area contributed by atoms with Gasteiger partial charge in [0.2, 0.25) is 17.7 Å². The van der Waals surface area contributed by atoms with Crippen molar-refractivity contribution in [1.82, 2.24) is 14.6 Å². The summed E-state index contributed by atoms with van der Waals surface area (Å²) in [5, 5.41) is 5.36. The van der Waals surface area contributed by atoms with Crippen molar-refractivity contribution < 1.29 is 89.7 Å². The van der Waals surface area contributed by atoms with Crippen molar-refractivity contribution in [2.75, 3.05) is 26.4 Å². The van der Waals surface area contributed by atoms with Crippen molar-refractivity contribution >= 4 is 66.7 Å². The molecule has 5 aliphatic rings. The molecule has 3 N–H and O–H groups in total. The van der Waals surface area contributed by atoms with Crippen LogP contribution in [0.2, 0.25) is 5.02 Å². The molecule has 1 aromatic carbocycles. The molecule has 5 atom stereocenters. The standard InChI is InChI=1S/C41H53ClF3N3O11S.C5H8F3NO3S/c1-6-25-20-40(25,37(52)47-60(53,54)59-39(13-14-39)23-41(43,44)45)21-31(49)30-17-26(57-32-19-33(56-7-2)46-35-27(32)9-8-10-29(35)42)22-48(30)36(51)28(24-11-15-55-16-12-24)18-34(50)58-38(3,4)5;6-5(7,8)3-4(1-2-4)12-13(9,10)11/h8-10,19,24-26,28,30H,6-7,11-18,20-23H2,1-5H3,(H,47,52);1-3H2,(H2,9,10,11)/t25-,26-,28+,30+,40-;/m1./s1. The second-order valence-corrected chi connectivity index (χ2v) is 23.3. The molecule has 0 bridgehead atoms. The normalized spacial score (nSPS) is 24.2. The largest absolute Gasteiger partial charge is 0.488 e. The number of para-hydroxylation sites is 1. The average molecular weight is 1110 g/mol. The van der Waals surface area contributed by atoms with E-state index in [-0.39, 0.29) is 63.3 Å². The van der Waals surface area contributed by atoms with E-state index >= 15 is 0 Å². The van der Waals surface area contributed by atoms with Crippen LogP contribution in [0.3, 0.4) is 0 Å². The lowest BCUT2D eigenvalue weighted by atomic mass is 9.82. The van der Waals surface area contributed by atoms with E-state index in [0.717, 1.165) is 0 Å². The summed E-state index contributed by atoms with van der Waals surface area (Å²) in [6.07, 6.45) is -12.1. The Hall–Kier alpha value is -4.08. The lowest BCUT2D eigenvalue weighted by Gasteiger charge is -2.34. The van der Waals surface area contributed by atoms with Gasteiger partial charge in [0.05, 0.1) is 71.5 Å². The third-order valence-electron chi connectivity index (χ3n) is 13.3. The molecule has 27 heteroatoms. The van der Waals surface area contributed by atoms with Crippen molar-refractivity contribution in [3.05, 3.63) is 29.3 Å². The number of likely N-dealkylation sites (tertiary alicyclic amines) is 1. The molecule has 410 valence electrons. The number of nitrogens with one attached hydrogen (secondary N) is 1. The van der Waals surface area contributed by atoms with Crippen LogP contribution in [-0.4, -0.2) is 118 Å². The van der Waals surface area contributed by atoms with Crippen molar-refractivity contribution in [1.29, 1.82) is 0 Å². The van der Waals surface area contributed by atoms with Gasteiger partial charge in [-0.05, 0) is 96.6 Å². The first-order valence-electron chi connectivity index (χ1n) is 23.8. The van der Waals surface area contributed by atoms with E-state index in [1.807, 2.05) is 4.72 Å². The number of halogens is 7. The molecule has 2 saturated heterocycles. The van der Waals surface area contributed by atoms with Gasteiger partial charge in [0.25, 0.3) is 0 Å². The second kappa shape index (κ2) is 21.9. The predicted molar refractivity (Wildman–Crippen MR) is 248 cm³/mol. The quantitative estimate of drug-likeness (QED) is 0.0973. The minimum absolute atomic E-state index is 0.0261. The van der Waals surface area contributed by atoms with Crippen LogP contribution in [0, 0.1) is 23.2 Å². The van der Waals surface area contributed by atoms with Gasteiger partial charge in [-0.25, -0.2) is 19.0 Å². The number of hydrogen-bond donors (Lipinski definition) is 2. The van der Waals surface area contributed by atoms with E-state index in [9.17, 15) is 62.4 Å². The highest BCUT2D eigenvalue weighted by molar-refractivity contribution is 7.85. The van der Waals surface area contributed by atoms with Crippen LogP contribution >= 0.6 is 11.6 Å². The van der Waals surface area contributed by atoms with Gasteiger partial charge in [-0.3, -0.25) is 23.4 Å². The zero-order chi connectivity index (χ0) is 54.2. The van der Waals surface area contributed by atoms with E-state index in [0.29, 0.717) is 60.8 Å². The smallest absolute Gasteiger partial charge is 0.391 e. The number of alkyl halides is 6. The Morgan fingerprint density at radius 2 is 1.55 bits per heavy atom. The fourth-order valence-corrected chi connectivity index (χ4v) is 11.8. The number of hydrogen-bond acceptors (Lipinski definition) is 15. The highest BCUT2D eigenvalue weighted by atomic mass is 35.5. The number of benzene rings is 1. The number of fused-ring (bicyclic) bond motifs is 1. The maximum atomic E-state index is 14.9. The highest BCUT2D eigenvalue weighted by Gasteiger charge is 2.62. The molecule has 0 spiro atoms. The molecule has 3 heterocycles. The monoisotopic (exact) mass is 1110 g/mol. The van der Waals surface area contributed by atoms with E-state index < -0.39 is 122 Å². The van der Waals surface area contributed by atoms with Crippen molar-refractivity contribution in [3.8, 4) is 11.6 Å². The van der Waals surface area contributed by atoms with Gasteiger partial charge in [-0.15, -0.1) is 0 Å². The average Bonchev–Trinajstić information content (AvgIpc) is 4.21. The maximum absolute atomic E-state index is 14.9. The van der Waals surface area contributed by atoms with Gasteiger partial charge >= 0.3 is 38.9 Å². The molecule has 2 aromatic rings. The number of Topliss-reactive ketones (excluding diaryl/α,β-unsaturated/α-hetero) is 1. The van der Waals surface area contributed by atoms with Gasteiger partial charge in [0, 0.05) is 37.5 Å². The molecule has 3 saturated carbocycles. The Morgan fingerprint density at radius 3 is 2.07 bits per heavy atom. The zero-order valence-corrected chi connectivity index (χ0v) is 43.3. The summed E-state index contributed by atoms with van der Waals surface area (Å²) in [4.78, 5) is 62.6. The van der Waals surface area contributed by atoms with Gasteiger partial charge in [0.15, 0.2) is 5.78 Å². The van der Waals surface area contributed by atoms with Crippen molar-refractivity contribution in [2.45, 2.75) is 159 Å². The van der Waals surface area contributed by atoms with Crippen LogP contribution < -0.4 is 19.3 Å². The Morgan fingerprint density at radius 1 is 0.945 bits per heavy atom. The zero-order valence-electron chi connectivity index (χ0n) is 40.9. The molecule has 2 amide bonds. The van der Waals surface area contributed by atoms with Crippen LogP contribution in [-0.2, 0) is 57.6 Å². The number of carbonyl (C=O) groups excluding carboxylic acids is 4. The van der Waals surface area contributed by atoms with E-state index in [1.165, 1.54) is 4.90 Å². The molecule has 2 aliphatic heterocycles. The SMILES string of the molecule is CCOc1cc(O[C@@H]2C[C@@H](C(=O)C[C@]3(C(=O)NS(=O)(=O)OC4(CC(F)(F)F)CC4)C[C@H]3CC)N(C(=O)[C@@H](CC(=O)OC(C)(C)C)C3CCOCC3)C2)c2cccc(Cl)c2n1.NS(=O)(=O)OC1(CC(F)(F)F)CC1. The summed E-state index contributed by atoms with van der Waals surface area (Å²) in [6.45, 7) is 9.67. The molecule has 7 rings (SSSR count). The van der Waals surface area contributed by atoms with E-state index in [2.05, 4.69) is 14.3 Å². The summed E-state index contributed by atoms with van der Waals surface area (Å²) in [5.74, 6) is -3.72. The Bertz CT molecular complexity index is 2610. The minimum atomic E-state index is -5.00. The van der Waals surface area contributed by atoms with E-state index in [4.69, 9.17) is 34.7 Å². The molecule has 18 nitrogen and oxygen atoms in total. The van der Waals surface area contributed by atoms with Crippen LogP contribution in [0.4, 0.5) is 26.3 Å². The highest BCUT2D eigenvalue weighted by Crippen LogP contribution is 2.58. The van der Waals surface area contributed by atoms with Gasteiger partial charge in [-0.1, -0.05) is 31.0 Å². The van der Waals surface area contributed by atoms with Gasteiger partial charge in [0.1, 0.15) is 17.5 Å². The fraction of sp³-hybridized carbons (Fsp3) is 0.717. The molecule has 1 aromatic heterocycles. The third-order valence-corrected chi connectivity index (χ3v) is 15.2. The van der Waals surface area contributed by atoms with Crippen LogP contribution in [0.5, 0.6) is 11.6 Å². The van der Waals surface area contributed by atoms with Crippen LogP contribution in [0.1, 0.15) is 118 Å². The Labute approximate surface area is 424 Å². The first-order chi connectivity index (χ1) is 33.7. The fourth-order valence-electron chi connectivity index (χ4n) is 9.66. The number of nitrogens with zero attached hydrogens (tertiary/aromatic N) is 2. The number of pyridine rings is 1. The minimum Gasteiger partial charge on any atom is -0.488 e. The number of ketones is 1. The number of nitrogens with two attached hydrogens (primary N) is 1. The summed E-state index contributed by atoms with van der Waals surface area (Å²) < 4.78 is 156. The van der Waals surface area contributed by atoms with Crippen LogP contribution in [0.15, 0.2) is 24.3 Å². The first kappa shape index (κ1) is 58.2. The third kappa shape index (κ3) is 16.2. The van der Waals surface area contributed by atoms with Crippen molar-refractivity contribution in [3.63, 3.8) is 0 Å². The lowest BCUT2D eigenvalue weighted by Crippen LogP contribution is -2.48. The Kier molecular flexibility index (Phi) is 17.4. The number of ether oxygens (including phenoxy) is 4. The number of rotatable bonds is 20. The maximum Gasteiger partial charge on any atom is 0.391 e. The second-order valence-electron chi connectivity index (χ2n) is 20.5. The first-order valence-corrected chi connectivity index (χ1v) is 27.1.